The van der Waals surface area contributed by atoms with Gasteiger partial charge in [-0.15, -0.1) is 5.10 Å². The molecule has 0 amide bonds. The highest BCUT2D eigenvalue weighted by atomic mass is 79.9. The van der Waals surface area contributed by atoms with Gasteiger partial charge in [0.2, 0.25) is 0 Å². The van der Waals surface area contributed by atoms with Gasteiger partial charge in [-0.3, -0.25) is 0 Å². The maximum atomic E-state index is 11.0. The summed E-state index contributed by atoms with van der Waals surface area (Å²) in [5.74, 6) is -0.355. The van der Waals surface area contributed by atoms with Gasteiger partial charge in [0.1, 0.15) is 12.3 Å². The van der Waals surface area contributed by atoms with Crippen LogP contribution < -0.4 is 0 Å². The predicted octanol–water partition coefficient (Wildman–Crippen LogP) is 2.33. The molecule has 18 heavy (non-hydrogen) atoms. The minimum absolute atomic E-state index is 0.0162. The second-order valence-electron chi connectivity index (χ2n) is 3.80. The van der Waals surface area contributed by atoms with Crippen molar-refractivity contribution in [3.63, 3.8) is 0 Å². The van der Waals surface area contributed by atoms with Crippen LogP contribution in [0.4, 0.5) is 0 Å². The molecular formula is C11H12BrN3O3. The van der Waals surface area contributed by atoms with Crippen molar-refractivity contribution in [2.24, 2.45) is 0 Å². The van der Waals surface area contributed by atoms with E-state index in [1.165, 1.54) is 0 Å². The highest BCUT2D eigenvalue weighted by molar-refractivity contribution is 9.10. The minimum atomic E-state index is -1.05. The van der Waals surface area contributed by atoms with E-state index in [1.807, 2.05) is 13.0 Å². The fourth-order valence-electron chi connectivity index (χ4n) is 1.69. The molecule has 0 radical (unpaired) electrons. The summed E-state index contributed by atoms with van der Waals surface area (Å²) in [4.78, 5) is 11.0. The molecule has 0 saturated carbocycles. The van der Waals surface area contributed by atoms with Crippen molar-refractivity contribution >= 4 is 21.9 Å². The van der Waals surface area contributed by atoms with E-state index in [2.05, 4.69) is 26.2 Å². The van der Waals surface area contributed by atoms with E-state index >= 15 is 0 Å². The lowest BCUT2D eigenvalue weighted by Crippen LogP contribution is -2.09. The molecule has 0 bridgehead atoms. The molecule has 0 atom stereocenters. The smallest absolute Gasteiger partial charge is 0.358 e. The first-order valence-electron chi connectivity index (χ1n) is 5.51. The molecular weight excluding hydrogens is 302 g/mol. The molecule has 0 aliphatic carbocycles. The Morgan fingerprint density at radius 1 is 1.56 bits per heavy atom. The van der Waals surface area contributed by atoms with Gasteiger partial charge in [-0.2, -0.15) is 0 Å². The summed E-state index contributed by atoms with van der Waals surface area (Å²) >= 11 is 3.22. The van der Waals surface area contributed by atoms with E-state index in [1.54, 1.807) is 10.7 Å². The highest BCUT2D eigenvalue weighted by Crippen LogP contribution is 2.16. The summed E-state index contributed by atoms with van der Waals surface area (Å²) in [6.07, 6.45) is 1.45. The molecule has 0 aliphatic heterocycles. The third kappa shape index (κ3) is 2.61. The number of carbonyl (C=O) groups is 1. The number of nitrogens with zero attached hydrogens (tertiary/aromatic N) is 3. The van der Waals surface area contributed by atoms with Gasteiger partial charge in [-0.25, -0.2) is 9.48 Å². The van der Waals surface area contributed by atoms with Crippen LogP contribution >= 0.6 is 15.9 Å². The van der Waals surface area contributed by atoms with Gasteiger partial charge < -0.3 is 9.52 Å². The first kappa shape index (κ1) is 12.8. The van der Waals surface area contributed by atoms with Gasteiger partial charge in [0.25, 0.3) is 0 Å². The maximum absolute atomic E-state index is 11.0. The molecule has 0 unspecified atom stereocenters. The van der Waals surface area contributed by atoms with Gasteiger partial charge >= 0.3 is 5.97 Å². The standard InChI is InChI=1S/C11H12BrN3O3/c1-2-3-8-10(11(16)17)13-14-15(8)6-7-4-5-9(12)18-7/h4-5H,2-3,6H2,1H3,(H,16,17). The Morgan fingerprint density at radius 2 is 2.33 bits per heavy atom. The second kappa shape index (κ2) is 5.34. The van der Waals surface area contributed by atoms with Crippen LogP contribution in [-0.2, 0) is 13.0 Å². The van der Waals surface area contributed by atoms with E-state index < -0.39 is 5.97 Å². The molecule has 1 N–H and O–H groups in total. The molecule has 96 valence electrons. The second-order valence-corrected chi connectivity index (χ2v) is 4.58. The molecule has 6 nitrogen and oxygen atoms in total. The maximum Gasteiger partial charge on any atom is 0.358 e. The first-order chi connectivity index (χ1) is 8.61. The van der Waals surface area contributed by atoms with Gasteiger partial charge in [0, 0.05) is 0 Å². The quantitative estimate of drug-likeness (QED) is 0.916. The van der Waals surface area contributed by atoms with Crippen LogP contribution in [0.25, 0.3) is 0 Å². The molecule has 0 fully saturated rings. The van der Waals surface area contributed by atoms with E-state index in [0.717, 1.165) is 6.42 Å². The van der Waals surface area contributed by atoms with Crippen LogP contribution in [0.15, 0.2) is 21.2 Å². The van der Waals surface area contributed by atoms with E-state index in [-0.39, 0.29) is 5.69 Å². The first-order valence-corrected chi connectivity index (χ1v) is 6.31. The summed E-state index contributed by atoms with van der Waals surface area (Å²) in [6.45, 7) is 2.35. The molecule has 2 aromatic rings. The van der Waals surface area contributed by atoms with Crippen molar-refractivity contribution in [3.05, 3.63) is 34.0 Å². The van der Waals surface area contributed by atoms with Crippen molar-refractivity contribution in [3.8, 4) is 0 Å². The molecule has 0 aromatic carbocycles. The summed E-state index contributed by atoms with van der Waals surface area (Å²) in [5, 5.41) is 16.6. The summed E-state index contributed by atoms with van der Waals surface area (Å²) in [5.41, 5.74) is 0.639. The number of furan rings is 1. The molecule has 0 saturated heterocycles. The summed E-state index contributed by atoms with van der Waals surface area (Å²) < 4.78 is 7.57. The monoisotopic (exact) mass is 313 g/mol. The van der Waals surface area contributed by atoms with Gasteiger partial charge in [0.15, 0.2) is 10.4 Å². The Labute approximate surface area is 112 Å². The molecule has 0 aliphatic rings. The number of carboxylic acid groups (broad SMARTS) is 1. The number of carboxylic acids is 1. The third-order valence-corrected chi connectivity index (χ3v) is 2.89. The summed E-state index contributed by atoms with van der Waals surface area (Å²) in [6, 6.07) is 3.59. The lowest BCUT2D eigenvalue weighted by Gasteiger charge is -2.03. The number of aromatic nitrogens is 3. The molecule has 7 heteroatoms. The topological polar surface area (TPSA) is 81.1 Å². The Hall–Kier alpha value is -1.63. The molecule has 0 spiro atoms. The van der Waals surface area contributed by atoms with Crippen LogP contribution in [0.2, 0.25) is 0 Å². The zero-order chi connectivity index (χ0) is 13.1. The van der Waals surface area contributed by atoms with Gasteiger partial charge in [-0.1, -0.05) is 18.6 Å². The lowest BCUT2D eigenvalue weighted by atomic mass is 10.2. The fourth-order valence-corrected chi connectivity index (χ4v) is 2.03. The van der Waals surface area contributed by atoms with Crippen molar-refractivity contribution in [1.82, 2.24) is 15.0 Å². The van der Waals surface area contributed by atoms with Crippen molar-refractivity contribution in [1.29, 1.82) is 0 Å². The Kier molecular flexibility index (Phi) is 3.81. The van der Waals surface area contributed by atoms with E-state index in [9.17, 15) is 4.79 Å². The minimum Gasteiger partial charge on any atom is -0.476 e. The Balaban J connectivity index is 2.29. The SMILES string of the molecule is CCCc1c(C(=O)O)nnn1Cc1ccc(Br)o1. The fraction of sp³-hybridized carbons (Fsp3) is 0.364. The van der Waals surface area contributed by atoms with Crippen molar-refractivity contribution in [2.75, 3.05) is 0 Å². The average Bonchev–Trinajstić information content (AvgIpc) is 2.88. The zero-order valence-electron chi connectivity index (χ0n) is 9.76. The van der Waals surface area contributed by atoms with Crippen molar-refractivity contribution < 1.29 is 14.3 Å². The van der Waals surface area contributed by atoms with Crippen molar-refractivity contribution in [2.45, 2.75) is 26.3 Å². The number of hydrogen-bond donors (Lipinski definition) is 1. The number of halogens is 1. The predicted molar refractivity (Wildman–Crippen MR) is 66.5 cm³/mol. The normalized spacial score (nSPS) is 10.8. The van der Waals surface area contributed by atoms with Crippen LogP contribution in [0.5, 0.6) is 0 Å². The average molecular weight is 314 g/mol. The van der Waals surface area contributed by atoms with E-state index in [4.69, 9.17) is 9.52 Å². The van der Waals surface area contributed by atoms with Crippen LogP contribution in [-0.4, -0.2) is 26.1 Å². The zero-order valence-corrected chi connectivity index (χ0v) is 11.3. The largest absolute Gasteiger partial charge is 0.476 e. The number of rotatable bonds is 5. The molecule has 2 rings (SSSR count). The van der Waals surface area contributed by atoms with Crippen LogP contribution in [0, 0.1) is 0 Å². The lowest BCUT2D eigenvalue weighted by molar-refractivity contribution is 0.0689. The summed E-state index contributed by atoms with van der Waals surface area (Å²) in [7, 11) is 0. The Bertz CT molecular complexity index is 562. The Morgan fingerprint density at radius 3 is 2.89 bits per heavy atom. The van der Waals surface area contributed by atoms with E-state index in [0.29, 0.717) is 29.1 Å². The third-order valence-electron chi connectivity index (χ3n) is 2.46. The van der Waals surface area contributed by atoms with Crippen LogP contribution in [0.1, 0.15) is 35.3 Å². The number of aromatic carboxylic acids is 1. The number of hydrogen-bond acceptors (Lipinski definition) is 4. The van der Waals surface area contributed by atoms with Gasteiger partial charge in [0.05, 0.1) is 5.69 Å². The van der Waals surface area contributed by atoms with Gasteiger partial charge in [-0.05, 0) is 34.5 Å². The molecule has 2 aromatic heterocycles. The molecule has 2 heterocycles. The highest BCUT2D eigenvalue weighted by Gasteiger charge is 2.18. The van der Waals surface area contributed by atoms with Crippen LogP contribution in [0.3, 0.4) is 0 Å².